The molecule has 0 bridgehead atoms. The number of nitrogens with one attached hydrogen (secondary N) is 1. The van der Waals surface area contributed by atoms with E-state index in [1.807, 2.05) is 45.0 Å². The number of benzene rings is 2. The van der Waals surface area contributed by atoms with Crippen molar-refractivity contribution in [3.05, 3.63) is 65.2 Å². The average Bonchev–Trinajstić information content (AvgIpc) is 2.91. The van der Waals surface area contributed by atoms with Crippen molar-refractivity contribution < 1.29 is 14.4 Å². The largest absolute Gasteiger partial charge is 0.324 e. The van der Waals surface area contributed by atoms with E-state index < -0.39 is 17.9 Å². The van der Waals surface area contributed by atoms with Crippen molar-refractivity contribution in [3.8, 4) is 0 Å². The summed E-state index contributed by atoms with van der Waals surface area (Å²) in [4.78, 5) is 39.9. The normalized spacial score (nSPS) is 14.4. The van der Waals surface area contributed by atoms with Gasteiger partial charge in [0.25, 0.3) is 11.8 Å². The van der Waals surface area contributed by atoms with Crippen molar-refractivity contribution in [2.75, 3.05) is 5.32 Å². The summed E-state index contributed by atoms with van der Waals surface area (Å²) in [6.45, 7) is 5.96. The standard InChI is InChI=1S/C22H24N2O3/c1-4-15-9-5-8-12-18(15)23-20(25)19(13-14(2)3)24-21(26)16-10-6-7-11-17(16)22(24)27/h5-12,14,19H,4,13H2,1-3H3,(H,23,25)/t19-/m1/s1. The zero-order chi connectivity index (χ0) is 19.6. The van der Waals surface area contributed by atoms with Crippen molar-refractivity contribution in [1.29, 1.82) is 0 Å². The Morgan fingerprint density at radius 1 is 0.963 bits per heavy atom. The van der Waals surface area contributed by atoms with Crippen molar-refractivity contribution in [2.45, 2.75) is 39.7 Å². The molecule has 2 aromatic carbocycles. The molecule has 1 aliphatic rings. The van der Waals surface area contributed by atoms with E-state index in [-0.39, 0.29) is 11.8 Å². The van der Waals surface area contributed by atoms with Gasteiger partial charge in [0.2, 0.25) is 5.91 Å². The van der Waals surface area contributed by atoms with Crippen molar-refractivity contribution in [1.82, 2.24) is 4.90 Å². The zero-order valence-corrected chi connectivity index (χ0v) is 15.9. The summed E-state index contributed by atoms with van der Waals surface area (Å²) in [6, 6.07) is 13.4. The number of amides is 3. The molecule has 0 fully saturated rings. The number of anilines is 1. The predicted molar refractivity (Wildman–Crippen MR) is 105 cm³/mol. The molecule has 0 saturated heterocycles. The molecule has 27 heavy (non-hydrogen) atoms. The number of hydrogen-bond acceptors (Lipinski definition) is 3. The monoisotopic (exact) mass is 364 g/mol. The molecule has 0 aromatic heterocycles. The second kappa shape index (κ2) is 7.74. The fourth-order valence-electron chi connectivity index (χ4n) is 3.43. The second-order valence-corrected chi connectivity index (χ2v) is 7.17. The topological polar surface area (TPSA) is 66.5 Å². The Kier molecular flexibility index (Phi) is 5.40. The lowest BCUT2D eigenvalue weighted by Crippen LogP contribution is -2.48. The van der Waals surface area contributed by atoms with Crippen LogP contribution in [0.25, 0.3) is 0 Å². The van der Waals surface area contributed by atoms with Crippen LogP contribution in [0.1, 0.15) is 53.5 Å². The average molecular weight is 364 g/mol. The highest BCUT2D eigenvalue weighted by Gasteiger charge is 2.42. The maximum Gasteiger partial charge on any atom is 0.262 e. The van der Waals surface area contributed by atoms with Gasteiger partial charge >= 0.3 is 0 Å². The molecule has 5 heteroatoms. The van der Waals surface area contributed by atoms with Gasteiger partial charge in [-0.2, -0.15) is 0 Å². The van der Waals surface area contributed by atoms with Gasteiger partial charge in [-0.1, -0.05) is 51.1 Å². The van der Waals surface area contributed by atoms with Gasteiger partial charge in [0.05, 0.1) is 11.1 Å². The van der Waals surface area contributed by atoms with Gasteiger partial charge < -0.3 is 5.32 Å². The molecule has 0 unspecified atom stereocenters. The number of para-hydroxylation sites is 1. The molecule has 5 nitrogen and oxygen atoms in total. The molecular weight excluding hydrogens is 340 g/mol. The first-order valence-electron chi connectivity index (χ1n) is 9.29. The van der Waals surface area contributed by atoms with Crippen LogP contribution >= 0.6 is 0 Å². The molecule has 0 aliphatic carbocycles. The fourth-order valence-corrected chi connectivity index (χ4v) is 3.43. The third kappa shape index (κ3) is 3.63. The summed E-state index contributed by atoms with van der Waals surface area (Å²) in [5.41, 5.74) is 2.45. The Morgan fingerprint density at radius 3 is 2.07 bits per heavy atom. The van der Waals surface area contributed by atoms with E-state index in [0.29, 0.717) is 17.5 Å². The van der Waals surface area contributed by atoms with Crippen LogP contribution in [0.4, 0.5) is 5.69 Å². The van der Waals surface area contributed by atoms with Crippen LogP contribution in [0.2, 0.25) is 0 Å². The minimum absolute atomic E-state index is 0.145. The van der Waals surface area contributed by atoms with Crippen LogP contribution in [0.15, 0.2) is 48.5 Å². The Hall–Kier alpha value is -2.95. The SMILES string of the molecule is CCc1ccccc1NC(=O)[C@@H](CC(C)C)N1C(=O)c2ccccc2C1=O. The molecule has 1 N–H and O–H groups in total. The predicted octanol–water partition coefficient (Wildman–Crippen LogP) is 3.90. The van der Waals surface area contributed by atoms with Crippen molar-refractivity contribution >= 4 is 23.4 Å². The first-order valence-corrected chi connectivity index (χ1v) is 9.29. The van der Waals surface area contributed by atoms with Gasteiger partial charge in [-0.3, -0.25) is 19.3 Å². The number of aryl methyl sites for hydroxylation is 1. The maximum absolute atomic E-state index is 13.1. The van der Waals surface area contributed by atoms with Gasteiger partial charge in [-0.25, -0.2) is 0 Å². The molecule has 1 aliphatic heterocycles. The Morgan fingerprint density at radius 2 is 1.52 bits per heavy atom. The summed E-state index contributed by atoms with van der Waals surface area (Å²) < 4.78 is 0. The number of imide groups is 1. The Balaban J connectivity index is 1.92. The summed E-state index contributed by atoms with van der Waals surface area (Å²) >= 11 is 0. The van der Waals surface area contributed by atoms with E-state index in [1.54, 1.807) is 24.3 Å². The van der Waals surface area contributed by atoms with Gasteiger partial charge in [-0.15, -0.1) is 0 Å². The molecule has 0 saturated carbocycles. The first-order chi connectivity index (χ1) is 12.9. The van der Waals surface area contributed by atoms with Crippen LogP contribution in [-0.2, 0) is 11.2 Å². The van der Waals surface area contributed by atoms with E-state index in [2.05, 4.69) is 5.32 Å². The maximum atomic E-state index is 13.1. The number of carbonyl (C=O) groups is 3. The van der Waals surface area contributed by atoms with Crippen LogP contribution in [0.3, 0.4) is 0 Å². The molecule has 0 radical (unpaired) electrons. The van der Waals surface area contributed by atoms with Gasteiger partial charge in [-0.05, 0) is 42.5 Å². The number of fused-ring (bicyclic) bond motifs is 1. The van der Waals surface area contributed by atoms with E-state index >= 15 is 0 Å². The van der Waals surface area contributed by atoms with Crippen LogP contribution in [0, 0.1) is 5.92 Å². The third-order valence-electron chi connectivity index (χ3n) is 4.79. The quantitative estimate of drug-likeness (QED) is 0.791. The minimum Gasteiger partial charge on any atom is -0.324 e. The van der Waals surface area contributed by atoms with Gasteiger partial charge in [0, 0.05) is 5.69 Å². The zero-order valence-electron chi connectivity index (χ0n) is 15.9. The number of carbonyl (C=O) groups excluding carboxylic acids is 3. The molecule has 140 valence electrons. The number of nitrogens with zero attached hydrogens (tertiary/aromatic N) is 1. The number of hydrogen-bond donors (Lipinski definition) is 1. The molecule has 1 heterocycles. The molecule has 3 rings (SSSR count). The molecule has 3 amide bonds. The van der Waals surface area contributed by atoms with Crippen LogP contribution in [0.5, 0.6) is 0 Å². The van der Waals surface area contributed by atoms with Crippen LogP contribution < -0.4 is 5.32 Å². The van der Waals surface area contributed by atoms with Gasteiger partial charge in [0.15, 0.2) is 0 Å². The summed E-state index contributed by atoms with van der Waals surface area (Å²) in [5, 5.41) is 2.93. The molecule has 2 aromatic rings. The second-order valence-electron chi connectivity index (χ2n) is 7.17. The Bertz CT molecular complexity index is 854. The van der Waals surface area contributed by atoms with E-state index in [1.165, 1.54) is 0 Å². The summed E-state index contributed by atoms with van der Waals surface area (Å²) in [6.07, 6.45) is 1.18. The van der Waals surface area contributed by atoms with E-state index in [0.717, 1.165) is 22.6 Å². The lowest BCUT2D eigenvalue weighted by atomic mass is 10.0. The lowest BCUT2D eigenvalue weighted by molar-refractivity contribution is -0.120. The van der Waals surface area contributed by atoms with Crippen LogP contribution in [-0.4, -0.2) is 28.7 Å². The molecule has 0 spiro atoms. The minimum atomic E-state index is -0.845. The molecular formula is C22H24N2O3. The van der Waals surface area contributed by atoms with E-state index in [4.69, 9.17) is 0 Å². The number of rotatable bonds is 6. The highest BCUT2D eigenvalue weighted by Crippen LogP contribution is 2.28. The van der Waals surface area contributed by atoms with Crippen molar-refractivity contribution in [2.24, 2.45) is 5.92 Å². The summed E-state index contributed by atoms with van der Waals surface area (Å²) in [7, 11) is 0. The highest BCUT2D eigenvalue weighted by atomic mass is 16.2. The van der Waals surface area contributed by atoms with Gasteiger partial charge in [0.1, 0.15) is 6.04 Å². The van der Waals surface area contributed by atoms with Crippen molar-refractivity contribution in [3.63, 3.8) is 0 Å². The molecule has 1 atom stereocenters. The summed E-state index contributed by atoms with van der Waals surface area (Å²) in [5.74, 6) is -0.994. The third-order valence-corrected chi connectivity index (χ3v) is 4.79. The highest BCUT2D eigenvalue weighted by molar-refractivity contribution is 6.23. The smallest absolute Gasteiger partial charge is 0.262 e. The first kappa shape index (κ1) is 18.8. The lowest BCUT2D eigenvalue weighted by Gasteiger charge is -2.27. The fraction of sp³-hybridized carbons (Fsp3) is 0.318. The van der Waals surface area contributed by atoms with E-state index in [9.17, 15) is 14.4 Å². The Labute approximate surface area is 159 Å².